The fourth-order valence-electron chi connectivity index (χ4n) is 4.46. The Morgan fingerprint density at radius 2 is 2.04 bits per heavy atom. The molecule has 0 unspecified atom stereocenters. The number of ether oxygens (including phenoxy) is 1. The van der Waals surface area contributed by atoms with Crippen molar-refractivity contribution in [1.29, 1.82) is 0 Å². The third-order valence-electron chi connectivity index (χ3n) is 6.25. The highest BCUT2D eigenvalue weighted by atomic mass is 16.5. The van der Waals surface area contributed by atoms with Crippen molar-refractivity contribution in [3.05, 3.63) is 12.7 Å². The lowest BCUT2D eigenvalue weighted by molar-refractivity contribution is -0.120. The molecule has 2 aliphatic rings. The van der Waals surface area contributed by atoms with E-state index in [4.69, 9.17) is 4.74 Å². The first-order chi connectivity index (χ1) is 11.6. The van der Waals surface area contributed by atoms with Gasteiger partial charge in [0.05, 0.1) is 12.1 Å². The van der Waals surface area contributed by atoms with Crippen LogP contribution in [-0.4, -0.2) is 58.0 Å². The van der Waals surface area contributed by atoms with Crippen LogP contribution in [0.25, 0.3) is 0 Å². The molecule has 0 spiro atoms. The van der Waals surface area contributed by atoms with Crippen LogP contribution in [0.3, 0.4) is 0 Å². The van der Waals surface area contributed by atoms with Gasteiger partial charge in [0.2, 0.25) is 0 Å². The monoisotopic (exact) mass is 335 g/mol. The third kappa shape index (κ3) is 2.90. The van der Waals surface area contributed by atoms with Crippen molar-refractivity contribution in [3.63, 3.8) is 0 Å². The number of hydrogen-bond acceptors (Lipinski definition) is 4. The zero-order chi connectivity index (χ0) is 17.2. The number of urea groups is 1. The second-order valence-corrected chi connectivity index (χ2v) is 7.00. The maximum absolute atomic E-state index is 12.6. The summed E-state index contributed by atoms with van der Waals surface area (Å²) in [6, 6.07) is 0.638. The maximum Gasteiger partial charge on any atom is 0.317 e. The second-order valence-electron chi connectivity index (χ2n) is 7.00. The van der Waals surface area contributed by atoms with Crippen molar-refractivity contribution < 1.29 is 9.53 Å². The zero-order valence-corrected chi connectivity index (χ0v) is 14.9. The SMILES string of the molecule is CCC1(CC)[C@@H](OC)C[C@H]1NC(=O)N1CCC(n2cncn2)CC1. The van der Waals surface area contributed by atoms with Gasteiger partial charge < -0.3 is 15.0 Å². The molecule has 0 aromatic carbocycles. The van der Waals surface area contributed by atoms with Crippen molar-refractivity contribution in [2.45, 2.75) is 64.1 Å². The van der Waals surface area contributed by atoms with E-state index in [1.807, 2.05) is 9.58 Å². The van der Waals surface area contributed by atoms with Crippen molar-refractivity contribution in [3.8, 4) is 0 Å². The van der Waals surface area contributed by atoms with E-state index in [-0.39, 0.29) is 23.6 Å². The molecule has 1 N–H and O–H groups in total. The van der Waals surface area contributed by atoms with Gasteiger partial charge in [-0.1, -0.05) is 13.8 Å². The van der Waals surface area contributed by atoms with Crippen molar-refractivity contribution >= 4 is 6.03 Å². The van der Waals surface area contributed by atoms with Gasteiger partial charge >= 0.3 is 6.03 Å². The van der Waals surface area contributed by atoms with Crippen LogP contribution >= 0.6 is 0 Å². The number of likely N-dealkylation sites (tertiary alicyclic amines) is 1. The number of nitrogens with zero attached hydrogens (tertiary/aromatic N) is 4. The van der Waals surface area contributed by atoms with E-state index in [1.54, 1.807) is 19.8 Å². The summed E-state index contributed by atoms with van der Waals surface area (Å²) in [5, 5.41) is 7.48. The molecule has 1 saturated heterocycles. The number of aromatic nitrogens is 3. The Balaban J connectivity index is 1.53. The van der Waals surface area contributed by atoms with Gasteiger partial charge in [0.1, 0.15) is 12.7 Å². The minimum atomic E-state index is 0.0675. The molecule has 134 valence electrons. The van der Waals surface area contributed by atoms with Gasteiger partial charge in [0.25, 0.3) is 0 Å². The number of hydrogen-bond donors (Lipinski definition) is 1. The largest absolute Gasteiger partial charge is 0.381 e. The summed E-state index contributed by atoms with van der Waals surface area (Å²) in [4.78, 5) is 18.6. The van der Waals surface area contributed by atoms with Crippen LogP contribution in [0.4, 0.5) is 4.79 Å². The predicted octanol–water partition coefficient (Wildman–Crippen LogP) is 2.22. The third-order valence-corrected chi connectivity index (χ3v) is 6.25. The molecular formula is C17H29N5O2. The summed E-state index contributed by atoms with van der Waals surface area (Å²) in [5.74, 6) is 0. The quantitative estimate of drug-likeness (QED) is 0.895. The number of methoxy groups -OCH3 is 1. The van der Waals surface area contributed by atoms with Crippen molar-refractivity contribution in [2.24, 2.45) is 5.41 Å². The van der Waals surface area contributed by atoms with Crippen LogP contribution in [0.1, 0.15) is 52.0 Å². The molecule has 2 atom stereocenters. The second kappa shape index (κ2) is 7.09. The maximum atomic E-state index is 12.6. The normalized spacial score (nSPS) is 26.9. The number of nitrogens with one attached hydrogen (secondary N) is 1. The fraction of sp³-hybridized carbons (Fsp3) is 0.824. The first-order valence-corrected chi connectivity index (χ1v) is 9.07. The summed E-state index contributed by atoms with van der Waals surface area (Å²) in [6.07, 6.45) is 8.41. The lowest BCUT2D eigenvalue weighted by atomic mass is 9.58. The summed E-state index contributed by atoms with van der Waals surface area (Å²) >= 11 is 0. The molecule has 1 aromatic rings. The molecule has 3 rings (SSSR count). The van der Waals surface area contributed by atoms with E-state index < -0.39 is 0 Å². The average Bonchev–Trinajstić information content (AvgIpc) is 3.14. The minimum Gasteiger partial charge on any atom is -0.381 e. The van der Waals surface area contributed by atoms with Gasteiger partial charge in [-0.05, 0) is 32.1 Å². The van der Waals surface area contributed by atoms with Crippen LogP contribution in [0.15, 0.2) is 12.7 Å². The Morgan fingerprint density at radius 1 is 1.33 bits per heavy atom. The highest BCUT2D eigenvalue weighted by Crippen LogP contribution is 2.48. The fourth-order valence-corrected chi connectivity index (χ4v) is 4.46. The van der Waals surface area contributed by atoms with Gasteiger partial charge in [-0.25, -0.2) is 14.5 Å². The Morgan fingerprint density at radius 3 is 2.58 bits per heavy atom. The van der Waals surface area contributed by atoms with Crippen LogP contribution < -0.4 is 5.32 Å². The van der Waals surface area contributed by atoms with E-state index >= 15 is 0 Å². The Hall–Kier alpha value is -1.63. The van der Waals surface area contributed by atoms with E-state index in [2.05, 4.69) is 29.2 Å². The number of rotatable bonds is 5. The summed E-state index contributed by atoms with van der Waals surface area (Å²) in [5.41, 5.74) is 0.0868. The first kappa shape index (κ1) is 17.2. The predicted molar refractivity (Wildman–Crippen MR) is 90.6 cm³/mol. The van der Waals surface area contributed by atoms with Crippen LogP contribution in [-0.2, 0) is 4.74 Å². The van der Waals surface area contributed by atoms with E-state index in [0.29, 0.717) is 6.04 Å². The molecular weight excluding hydrogens is 306 g/mol. The topological polar surface area (TPSA) is 72.3 Å². The zero-order valence-electron chi connectivity index (χ0n) is 14.9. The highest BCUT2D eigenvalue weighted by molar-refractivity contribution is 5.75. The van der Waals surface area contributed by atoms with Crippen molar-refractivity contribution in [1.82, 2.24) is 25.0 Å². The van der Waals surface area contributed by atoms with Crippen LogP contribution in [0.5, 0.6) is 0 Å². The average molecular weight is 335 g/mol. The summed E-state index contributed by atoms with van der Waals surface area (Å²) < 4.78 is 7.52. The molecule has 1 aromatic heterocycles. The molecule has 2 fully saturated rings. The van der Waals surface area contributed by atoms with E-state index in [9.17, 15) is 4.79 Å². The van der Waals surface area contributed by atoms with Gasteiger partial charge in [0, 0.05) is 31.7 Å². The Labute approximate surface area is 143 Å². The van der Waals surface area contributed by atoms with Crippen molar-refractivity contribution in [2.75, 3.05) is 20.2 Å². The molecule has 1 aliphatic heterocycles. The molecule has 0 radical (unpaired) electrons. The van der Waals surface area contributed by atoms with Gasteiger partial charge in [-0.2, -0.15) is 5.10 Å². The van der Waals surface area contributed by atoms with Gasteiger partial charge in [0.15, 0.2) is 0 Å². The number of carbonyl (C=O) groups is 1. The number of piperidine rings is 1. The molecule has 7 nitrogen and oxygen atoms in total. The Kier molecular flexibility index (Phi) is 5.08. The lowest BCUT2D eigenvalue weighted by Crippen LogP contribution is -2.65. The summed E-state index contributed by atoms with van der Waals surface area (Å²) in [7, 11) is 1.78. The number of carbonyl (C=O) groups excluding carboxylic acids is 1. The minimum absolute atomic E-state index is 0.0675. The van der Waals surface area contributed by atoms with Gasteiger partial charge in [-0.3, -0.25) is 0 Å². The van der Waals surface area contributed by atoms with E-state index in [1.165, 1.54) is 0 Å². The van der Waals surface area contributed by atoms with E-state index in [0.717, 1.165) is 45.2 Å². The summed E-state index contributed by atoms with van der Waals surface area (Å²) in [6.45, 7) is 5.92. The highest BCUT2D eigenvalue weighted by Gasteiger charge is 2.53. The molecule has 7 heteroatoms. The number of amides is 2. The molecule has 2 heterocycles. The Bertz CT molecular complexity index is 535. The molecule has 0 bridgehead atoms. The molecule has 2 amide bonds. The standard InChI is InChI=1S/C17H29N5O2/c1-4-17(5-2)14(10-15(17)24-3)20-16(23)21-8-6-13(7-9-21)22-12-18-11-19-22/h11-15H,4-10H2,1-3H3,(H,20,23)/t14-,15+/m1/s1. The molecule has 1 aliphatic carbocycles. The lowest BCUT2D eigenvalue weighted by Gasteiger charge is -2.55. The molecule has 1 saturated carbocycles. The smallest absolute Gasteiger partial charge is 0.317 e. The van der Waals surface area contributed by atoms with Crippen LogP contribution in [0, 0.1) is 5.41 Å². The van der Waals surface area contributed by atoms with Crippen LogP contribution in [0.2, 0.25) is 0 Å². The molecule has 24 heavy (non-hydrogen) atoms. The first-order valence-electron chi connectivity index (χ1n) is 9.07. The van der Waals surface area contributed by atoms with Gasteiger partial charge in [-0.15, -0.1) is 0 Å².